The van der Waals surface area contributed by atoms with Crippen molar-refractivity contribution in [2.45, 2.75) is 64.5 Å². The predicted molar refractivity (Wildman–Crippen MR) is 156 cm³/mol. The quantitative estimate of drug-likeness (QED) is 0.151. The van der Waals surface area contributed by atoms with Crippen LogP contribution in [0.2, 0.25) is 0 Å². The van der Waals surface area contributed by atoms with E-state index in [0.29, 0.717) is 16.6 Å². The lowest BCUT2D eigenvalue weighted by Crippen LogP contribution is -2.36. The van der Waals surface area contributed by atoms with Crippen LogP contribution in [0.5, 0.6) is 5.75 Å². The van der Waals surface area contributed by atoms with E-state index in [9.17, 15) is 38.3 Å². The number of carbonyl (C=O) groups excluding carboxylic acids is 1. The number of methoxy groups -OCH3 is 1. The van der Waals surface area contributed by atoms with Gasteiger partial charge in [0.2, 0.25) is 0 Å². The second kappa shape index (κ2) is 13.5. The number of nitro benzene ring substituents is 1. The summed E-state index contributed by atoms with van der Waals surface area (Å²) in [6.07, 6.45) is -5.22. The van der Waals surface area contributed by atoms with Crippen LogP contribution in [0.4, 0.5) is 24.7 Å². The number of carbonyl (C=O) groups is 1. The van der Waals surface area contributed by atoms with Crippen molar-refractivity contribution in [2.24, 2.45) is 5.41 Å². The van der Waals surface area contributed by atoms with Crippen molar-refractivity contribution in [3.8, 4) is 17.6 Å². The van der Waals surface area contributed by atoms with Gasteiger partial charge in [0.25, 0.3) is 5.69 Å². The van der Waals surface area contributed by atoms with E-state index < -0.39 is 53.5 Å². The zero-order valence-electron chi connectivity index (χ0n) is 25.3. The van der Waals surface area contributed by atoms with Crippen molar-refractivity contribution in [3.63, 3.8) is 0 Å². The Kier molecular flexibility index (Phi) is 10.1. The van der Waals surface area contributed by atoms with Gasteiger partial charge in [-0.2, -0.15) is 13.2 Å². The summed E-state index contributed by atoms with van der Waals surface area (Å²) < 4.78 is 56.6. The molecular weight excluding hydrogens is 617 g/mol. The molecule has 0 radical (unpaired) electrons. The van der Waals surface area contributed by atoms with Crippen molar-refractivity contribution < 1.29 is 47.3 Å². The van der Waals surface area contributed by atoms with Gasteiger partial charge in [0.15, 0.2) is 0 Å². The first-order chi connectivity index (χ1) is 21.6. The van der Waals surface area contributed by atoms with Gasteiger partial charge < -0.3 is 40.0 Å². The average Bonchev–Trinajstić information content (AvgIpc) is 3.54. The molecule has 0 spiro atoms. The summed E-state index contributed by atoms with van der Waals surface area (Å²) in [4.78, 5) is 31.1. The number of amides is 1. The molecule has 0 aliphatic carbocycles. The van der Waals surface area contributed by atoms with E-state index in [1.165, 1.54) is 19.5 Å². The van der Waals surface area contributed by atoms with Crippen LogP contribution in [0.25, 0.3) is 11.0 Å². The van der Waals surface area contributed by atoms with Crippen LogP contribution in [0.3, 0.4) is 0 Å². The number of aliphatic hydroxyl groups excluding tert-OH is 2. The minimum absolute atomic E-state index is 0.0137. The minimum Gasteiger partial charge on any atom is -0.495 e. The fraction of sp³-hybridized carbons (Fsp3) is 0.483. The van der Waals surface area contributed by atoms with E-state index in [1.54, 1.807) is 16.1 Å². The van der Waals surface area contributed by atoms with Crippen LogP contribution in [-0.2, 0) is 20.9 Å². The first kappa shape index (κ1) is 34.4. The number of alkyl halides is 3. The summed E-state index contributed by atoms with van der Waals surface area (Å²) in [5.74, 6) is 2.94. The molecule has 4 atom stereocenters. The molecule has 2 aromatic heterocycles. The number of nitrogens with zero attached hydrogens (tertiary/aromatic N) is 4. The van der Waals surface area contributed by atoms with Crippen LogP contribution in [-0.4, -0.2) is 74.2 Å². The van der Waals surface area contributed by atoms with Crippen LogP contribution in [0.15, 0.2) is 24.7 Å². The van der Waals surface area contributed by atoms with Crippen LogP contribution < -0.4 is 15.8 Å². The van der Waals surface area contributed by atoms with E-state index in [2.05, 4.69) is 21.8 Å². The van der Waals surface area contributed by atoms with Gasteiger partial charge in [-0.05, 0) is 11.5 Å². The molecular formula is C29H33F3N6O8. The molecule has 5 N–H and O–H groups in total. The molecule has 1 amide bonds. The Balaban J connectivity index is 1.69. The van der Waals surface area contributed by atoms with Gasteiger partial charge in [-0.15, -0.1) is 0 Å². The number of hydrogen-bond acceptors (Lipinski definition) is 11. The lowest BCUT2D eigenvalue weighted by Gasteiger charge is -2.31. The van der Waals surface area contributed by atoms with Crippen molar-refractivity contribution >= 4 is 28.4 Å². The van der Waals surface area contributed by atoms with E-state index in [4.69, 9.17) is 19.9 Å². The Hall–Kier alpha value is -4.50. The maximum absolute atomic E-state index is 12.5. The maximum Gasteiger partial charge on any atom is 0.471 e. The lowest BCUT2D eigenvalue weighted by atomic mass is 9.83. The Bertz CT molecular complexity index is 1680. The first-order valence-electron chi connectivity index (χ1n) is 13.9. The molecule has 3 heterocycles. The van der Waals surface area contributed by atoms with Gasteiger partial charge in [0.05, 0.1) is 60.5 Å². The summed E-state index contributed by atoms with van der Waals surface area (Å²) in [6.45, 7) is 4.30. The molecule has 4 rings (SSSR count). The Morgan fingerprint density at radius 1 is 1.33 bits per heavy atom. The summed E-state index contributed by atoms with van der Waals surface area (Å²) in [6, 6.07) is 2.52. The average molecular weight is 651 g/mol. The van der Waals surface area contributed by atoms with Gasteiger partial charge >= 0.3 is 12.1 Å². The molecule has 1 aliphatic rings. The minimum atomic E-state index is -5.08. The fourth-order valence-electron chi connectivity index (χ4n) is 5.13. The summed E-state index contributed by atoms with van der Waals surface area (Å²) in [7, 11) is 1.30. The second-order valence-corrected chi connectivity index (χ2v) is 11.5. The molecule has 1 saturated heterocycles. The van der Waals surface area contributed by atoms with Gasteiger partial charge in [-0.1, -0.05) is 32.6 Å². The molecule has 1 fully saturated rings. The van der Waals surface area contributed by atoms with Crippen LogP contribution in [0.1, 0.15) is 56.2 Å². The molecule has 0 unspecified atom stereocenters. The molecule has 1 aromatic carbocycles. The Labute approximate surface area is 260 Å². The first-order valence-corrected chi connectivity index (χ1v) is 13.9. The van der Waals surface area contributed by atoms with Crippen LogP contribution >= 0.6 is 0 Å². The number of aliphatic hydroxyl groups is 2. The molecule has 17 heteroatoms. The topological polar surface area (TPSA) is 197 Å². The summed E-state index contributed by atoms with van der Waals surface area (Å²) in [5, 5.41) is 34.1. The third-order valence-corrected chi connectivity index (χ3v) is 7.25. The van der Waals surface area contributed by atoms with Crippen molar-refractivity contribution in [1.82, 2.24) is 19.9 Å². The molecule has 248 valence electrons. The number of anilines is 1. The predicted octanol–water partition coefficient (Wildman–Crippen LogP) is 2.91. The highest BCUT2D eigenvalue weighted by Gasteiger charge is 2.39. The number of benzene rings is 1. The van der Waals surface area contributed by atoms with Gasteiger partial charge in [-0.3, -0.25) is 14.9 Å². The van der Waals surface area contributed by atoms with Gasteiger partial charge in [0.1, 0.15) is 35.9 Å². The normalized spacial score (nSPS) is 19.0. The van der Waals surface area contributed by atoms with Crippen LogP contribution in [0, 0.1) is 27.4 Å². The third-order valence-electron chi connectivity index (χ3n) is 7.25. The SMILES string of the molecule is COc1cc([C@@H](OCc2cn([C@H]3C[C@@H](O)[C@@H](CO)O3)c3ncnc(N)c23)C(C)(C)C)c([N+](=O)[O-])cc1C#CCNC(=O)C(F)(F)F. The Morgan fingerprint density at radius 3 is 2.63 bits per heavy atom. The highest BCUT2D eigenvalue weighted by molar-refractivity contribution is 5.89. The number of nitro groups is 1. The number of nitrogens with two attached hydrogens (primary N) is 1. The number of nitrogens with one attached hydrogen (secondary N) is 1. The summed E-state index contributed by atoms with van der Waals surface area (Å²) in [5.41, 5.74) is 6.20. The summed E-state index contributed by atoms with van der Waals surface area (Å²) >= 11 is 0. The van der Waals surface area contributed by atoms with E-state index in [1.807, 2.05) is 20.8 Å². The monoisotopic (exact) mass is 650 g/mol. The maximum atomic E-state index is 12.5. The van der Waals surface area contributed by atoms with E-state index in [-0.39, 0.29) is 48.0 Å². The number of ether oxygens (including phenoxy) is 3. The standard InChI is InChI=1S/C29H33F3N6O8/c1-28(2,3)24(17-9-20(44-4)15(8-18(17)38(42)43)6-5-7-34-27(41)29(30,31)32)45-13-16-11-37(22-10-19(40)21(12-39)46-22)26-23(16)25(33)35-14-36-26/h8-9,11,14,19,21-22,24,39-40H,7,10,12-13H2,1-4H3,(H,34,41)(H2,33,35,36)/t19-,21-,22-,24-/m1/s1. The molecule has 14 nitrogen and oxygen atoms in total. The number of nitrogen functional groups attached to an aromatic ring is 1. The molecule has 3 aromatic rings. The number of rotatable bonds is 9. The number of fused-ring (bicyclic) bond motifs is 1. The van der Waals surface area contributed by atoms with Crippen molar-refractivity contribution in [1.29, 1.82) is 0 Å². The smallest absolute Gasteiger partial charge is 0.471 e. The Morgan fingerprint density at radius 2 is 2.04 bits per heavy atom. The van der Waals surface area contributed by atoms with Gasteiger partial charge in [0, 0.05) is 24.2 Å². The zero-order chi connectivity index (χ0) is 34.0. The number of halogens is 3. The second-order valence-electron chi connectivity index (χ2n) is 11.5. The largest absolute Gasteiger partial charge is 0.495 e. The lowest BCUT2D eigenvalue weighted by molar-refractivity contribution is -0.386. The van der Waals surface area contributed by atoms with E-state index in [0.717, 1.165) is 6.07 Å². The molecule has 0 bridgehead atoms. The molecule has 1 aliphatic heterocycles. The highest BCUT2D eigenvalue weighted by atomic mass is 19.4. The highest BCUT2D eigenvalue weighted by Crippen LogP contribution is 2.44. The van der Waals surface area contributed by atoms with Crippen molar-refractivity contribution in [3.05, 3.63) is 51.5 Å². The number of aromatic nitrogens is 3. The van der Waals surface area contributed by atoms with Crippen molar-refractivity contribution in [2.75, 3.05) is 26.0 Å². The molecule has 0 saturated carbocycles. The molecule has 46 heavy (non-hydrogen) atoms. The van der Waals surface area contributed by atoms with Gasteiger partial charge in [-0.25, -0.2) is 9.97 Å². The zero-order valence-corrected chi connectivity index (χ0v) is 25.3. The number of hydrogen-bond donors (Lipinski definition) is 4. The third kappa shape index (κ3) is 7.31. The van der Waals surface area contributed by atoms with E-state index >= 15 is 0 Å². The fourth-order valence-corrected chi connectivity index (χ4v) is 5.13.